The van der Waals surface area contributed by atoms with E-state index in [2.05, 4.69) is 0 Å². The van der Waals surface area contributed by atoms with Crippen molar-refractivity contribution in [2.24, 2.45) is 0 Å². The van der Waals surface area contributed by atoms with E-state index in [4.69, 9.17) is 39.2 Å². The van der Waals surface area contributed by atoms with Gasteiger partial charge in [-0.1, -0.05) is 40.9 Å². The van der Waals surface area contributed by atoms with Crippen molar-refractivity contribution in [3.8, 4) is 0 Å². The first-order valence-corrected chi connectivity index (χ1v) is 5.76. The van der Waals surface area contributed by atoms with Crippen molar-refractivity contribution in [2.45, 2.75) is 0 Å². The molecule has 0 aliphatic rings. The number of hydrogen-bond acceptors (Lipinski definition) is 1. The van der Waals surface area contributed by atoms with Crippen LogP contribution in [-0.4, -0.2) is 0 Å². The normalized spacial score (nSPS) is 11.4. The Morgan fingerprint density at radius 1 is 0.812 bits per heavy atom. The minimum absolute atomic E-state index is 0.549. The molecule has 0 aliphatic carbocycles. The monoisotopic (exact) mass is 270 g/mol. The number of fused-ring (bicyclic) bond motifs is 3. The molecule has 0 N–H and O–H groups in total. The molecule has 1 heterocycles. The maximum atomic E-state index is 6.15. The topological polar surface area (TPSA) is 13.1 Å². The van der Waals surface area contributed by atoms with E-state index in [1.54, 1.807) is 12.1 Å². The van der Waals surface area contributed by atoms with E-state index in [9.17, 15) is 0 Å². The van der Waals surface area contributed by atoms with Crippen molar-refractivity contribution in [1.82, 2.24) is 0 Å². The molecule has 0 spiro atoms. The van der Waals surface area contributed by atoms with Gasteiger partial charge < -0.3 is 4.42 Å². The maximum Gasteiger partial charge on any atom is 0.138 e. The fourth-order valence-electron chi connectivity index (χ4n) is 1.82. The Balaban J connectivity index is 2.63. The maximum absolute atomic E-state index is 6.15. The van der Waals surface area contributed by atoms with E-state index in [0.29, 0.717) is 26.2 Å². The van der Waals surface area contributed by atoms with Gasteiger partial charge in [0.05, 0.1) is 10.0 Å². The zero-order valence-corrected chi connectivity index (χ0v) is 10.2. The summed E-state index contributed by atoms with van der Waals surface area (Å²) in [6.45, 7) is 0. The van der Waals surface area contributed by atoms with Gasteiger partial charge in [-0.25, -0.2) is 0 Å². The molecule has 4 heteroatoms. The molecule has 0 radical (unpaired) electrons. The predicted molar refractivity (Wildman–Crippen MR) is 68.8 cm³/mol. The molecule has 0 aliphatic heterocycles. The first-order valence-electron chi connectivity index (χ1n) is 4.62. The second-order valence-corrected chi connectivity index (χ2v) is 4.73. The van der Waals surface area contributed by atoms with Crippen LogP contribution in [0.2, 0.25) is 15.1 Å². The molecular formula is C12H5Cl3O. The van der Waals surface area contributed by atoms with E-state index < -0.39 is 0 Å². The van der Waals surface area contributed by atoms with Gasteiger partial charge in [0, 0.05) is 21.9 Å². The van der Waals surface area contributed by atoms with Gasteiger partial charge in [0.15, 0.2) is 0 Å². The van der Waals surface area contributed by atoms with Crippen molar-refractivity contribution in [2.75, 3.05) is 0 Å². The molecule has 0 saturated carbocycles. The standard InChI is InChI=1S/C12H5Cl3O/c13-6-4-8(15)12-10(5-6)16-9-3-1-2-7(14)11(9)12/h1-5H. The molecule has 1 aromatic heterocycles. The molecule has 0 amide bonds. The summed E-state index contributed by atoms with van der Waals surface area (Å²) in [7, 11) is 0. The highest BCUT2D eigenvalue weighted by molar-refractivity contribution is 6.43. The highest BCUT2D eigenvalue weighted by atomic mass is 35.5. The largest absolute Gasteiger partial charge is 0.456 e. The highest BCUT2D eigenvalue weighted by Crippen LogP contribution is 2.39. The molecule has 0 atom stereocenters. The second-order valence-electron chi connectivity index (χ2n) is 3.48. The van der Waals surface area contributed by atoms with Crippen LogP contribution in [0.3, 0.4) is 0 Å². The van der Waals surface area contributed by atoms with Crippen LogP contribution in [0, 0.1) is 0 Å². The Bertz CT molecular complexity index is 700. The summed E-state index contributed by atoms with van der Waals surface area (Å²) in [6, 6.07) is 8.92. The van der Waals surface area contributed by atoms with Gasteiger partial charge in [-0.3, -0.25) is 0 Å². The number of benzene rings is 2. The van der Waals surface area contributed by atoms with Crippen LogP contribution < -0.4 is 0 Å². The third kappa shape index (κ3) is 1.40. The summed E-state index contributed by atoms with van der Waals surface area (Å²) in [6.07, 6.45) is 0. The molecule has 3 aromatic rings. The second kappa shape index (κ2) is 3.56. The first-order chi connectivity index (χ1) is 7.66. The predicted octanol–water partition coefficient (Wildman–Crippen LogP) is 5.55. The average molecular weight is 272 g/mol. The van der Waals surface area contributed by atoms with Crippen LogP contribution in [0.15, 0.2) is 34.7 Å². The molecule has 1 nitrogen and oxygen atoms in total. The fourth-order valence-corrected chi connectivity index (χ4v) is 2.65. The van der Waals surface area contributed by atoms with Gasteiger partial charge in [0.1, 0.15) is 11.2 Å². The molecular weight excluding hydrogens is 266 g/mol. The molecule has 0 saturated heterocycles. The van der Waals surface area contributed by atoms with Crippen molar-refractivity contribution < 1.29 is 4.42 Å². The lowest BCUT2D eigenvalue weighted by Crippen LogP contribution is -1.71. The molecule has 80 valence electrons. The van der Waals surface area contributed by atoms with E-state index in [-0.39, 0.29) is 0 Å². The molecule has 2 aromatic carbocycles. The Morgan fingerprint density at radius 3 is 2.38 bits per heavy atom. The Morgan fingerprint density at radius 2 is 1.56 bits per heavy atom. The summed E-state index contributed by atoms with van der Waals surface area (Å²) in [4.78, 5) is 0. The van der Waals surface area contributed by atoms with E-state index in [1.807, 2.05) is 18.2 Å². The van der Waals surface area contributed by atoms with E-state index in [1.165, 1.54) is 0 Å². The van der Waals surface area contributed by atoms with Crippen LogP contribution >= 0.6 is 34.8 Å². The molecule has 3 rings (SSSR count). The van der Waals surface area contributed by atoms with Crippen LogP contribution in [0.1, 0.15) is 0 Å². The number of hydrogen-bond donors (Lipinski definition) is 0. The molecule has 0 fully saturated rings. The Hall–Kier alpha value is -0.890. The third-order valence-electron chi connectivity index (χ3n) is 2.46. The lowest BCUT2D eigenvalue weighted by atomic mass is 10.1. The van der Waals surface area contributed by atoms with Crippen molar-refractivity contribution in [3.63, 3.8) is 0 Å². The molecule has 0 unspecified atom stereocenters. The lowest BCUT2D eigenvalue weighted by molar-refractivity contribution is 0.669. The summed E-state index contributed by atoms with van der Waals surface area (Å²) in [5.74, 6) is 0. The van der Waals surface area contributed by atoms with E-state index >= 15 is 0 Å². The third-order valence-corrected chi connectivity index (χ3v) is 3.30. The summed E-state index contributed by atoms with van der Waals surface area (Å²) >= 11 is 18.2. The minimum atomic E-state index is 0.549. The van der Waals surface area contributed by atoms with Crippen molar-refractivity contribution in [3.05, 3.63) is 45.4 Å². The van der Waals surface area contributed by atoms with Crippen molar-refractivity contribution in [1.29, 1.82) is 0 Å². The minimum Gasteiger partial charge on any atom is -0.456 e. The number of furan rings is 1. The van der Waals surface area contributed by atoms with Crippen molar-refractivity contribution >= 4 is 56.7 Å². The van der Waals surface area contributed by atoms with Crippen LogP contribution in [0.25, 0.3) is 21.9 Å². The number of halogens is 3. The number of rotatable bonds is 0. The lowest BCUT2D eigenvalue weighted by Gasteiger charge is -1.96. The summed E-state index contributed by atoms with van der Waals surface area (Å²) < 4.78 is 5.64. The van der Waals surface area contributed by atoms with Crippen LogP contribution in [0.5, 0.6) is 0 Å². The van der Waals surface area contributed by atoms with E-state index in [0.717, 1.165) is 10.8 Å². The highest BCUT2D eigenvalue weighted by Gasteiger charge is 2.13. The van der Waals surface area contributed by atoms with Gasteiger partial charge in [-0.15, -0.1) is 0 Å². The van der Waals surface area contributed by atoms with Gasteiger partial charge in [-0.2, -0.15) is 0 Å². The summed E-state index contributed by atoms with van der Waals surface area (Å²) in [5.41, 5.74) is 1.37. The quantitative estimate of drug-likeness (QED) is 0.523. The smallest absolute Gasteiger partial charge is 0.138 e. The summed E-state index contributed by atoms with van der Waals surface area (Å²) in [5, 5.41) is 3.37. The van der Waals surface area contributed by atoms with Gasteiger partial charge in [0.2, 0.25) is 0 Å². The van der Waals surface area contributed by atoms with Crippen LogP contribution in [-0.2, 0) is 0 Å². The molecule has 16 heavy (non-hydrogen) atoms. The van der Waals surface area contributed by atoms with Gasteiger partial charge in [-0.05, 0) is 18.2 Å². The fraction of sp³-hybridized carbons (Fsp3) is 0. The Kier molecular flexibility index (Phi) is 2.28. The zero-order valence-electron chi connectivity index (χ0n) is 7.93. The SMILES string of the molecule is Clc1cc(Cl)c2c(c1)oc1cccc(Cl)c12. The van der Waals surface area contributed by atoms with Gasteiger partial charge >= 0.3 is 0 Å². The molecule has 0 bridgehead atoms. The van der Waals surface area contributed by atoms with Crippen LogP contribution in [0.4, 0.5) is 0 Å². The Labute approximate surface area is 106 Å². The first kappa shape index (κ1) is 10.3. The average Bonchev–Trinajstić information content (AvgIpc) is 2.56. The zero-order chi connectivity index (χ0) is 11.3. The van der Waals surface area contributed by atoms with Gasteiger partial charge in [0.25, 0.3) is 0 Å².